The van der Waals surface area contributed by atoms with Crippen LogP contribution < -0.4 is 5.73 Å². The van der Waals surface area contributed by atoms with E-state index in [9.17, 15) is 18.0 Å². The van der Waals surface area contributed by atoms with Gasteiger partial charge in [0.1, 0.15) is 11.6 Å². The molecule has 14 heavy (non-hydrogen) atoms. The second-order valence-electron chi connectivity index (χ2n) is 2.38. The van der Waals surface area contributed by atoms with E-state index in [1.165, 1.54) is 0 Å². The van der Waals surface area contributed by atoms with Crippen molar-refractivity contribution in [3.8, 4) is 6.07 Å². The minimum Gasteiger partial charge on any atom is -0.366 e. The number of nitriles is 1. The summed E-state index contributed by atoms with van der Waals surface area (Å²) in [6.07, 6.45) is 0. The van der Waals surface area contributed by atoms with Gasteiger partial charge in [0.05, 0.1) is 5.56 Å². The van der Waals surface area contributed by atoms with Crippen LogP contribution in [-0.4, -0.2) is 5.91 Å². The normalized spacial score (nSPS) is 9.57. The first-order chi connectivity index (χ1) is 6.49. The van der Waals surface area contributed by atoms with Crippen molar-refractivity contribution in [1.29, 1.82) is 5.26 Å². The molecule has 6 heteroatoms. The van der Waals surface area contributed by atoms with Crippen molar-refractivity contribution in [2.75, 3.05) is 0 Å². The molecule has 0 radical (unpaired) electrons. The number of primary amides is 1. The highest BCUT2D eigenvalue weighted by Crippen LogP contribution is 2.18. The number of benzene rings is 1. The molecule has 0 fully saturated rings. The van der Waals surface area contributed by atoms with Gasteiger partial charge in [0.15, 0.2) is 17.5 Å². The van der Waals surface area contributed by atoms with Crippen LogP contribution in [0.1, 0.15) is 15.9 Å². The molecule has 1 aromatic carbocycles. The highest BCUT2D eigenvalue weighted by molar-refractivity contribution is 5.93. The van der Waals surface area contributed by atoms with E-state index in [-0.39, 0.29) is 0 Å². The van der Waals surface area contributed by atoms with E-state index >= 15 is 0 Å². The van der Waals surface area contributed by atoms with Gasteiger partial charge in [0.2, 0.25) is 0 Å². The molecule has 0 spiro atoms. The van der Waals surface area contributed by atoms with Gasteiger partial charge in [-0.25, -0.2) is 13.2 Å². The molecule has 0 saturated carbocycles. The molecule has 0 aromatic heterocycles. The molecule has 0 aliphatic rings. The van der Waals surface area contributed by atoms with Gasteiger partial charge in [-0.15, -0.1) is 0 Å². The first-order valence-corrected chi connectivity index (χ1v) is 3.36. The molecule has 0 aliphatic carbocycles. The fourth-order valence-electron chi connectivity index (χ4n) is 0.881. The first kappa shape index (κ1) is 10.1. The highest BCUT2D eigenvalue weighted by atomic mass is 19.2. The Hall–Kier alpha value is -2.03. The average Bonchev–Trinajstić information content (AvgIpc) is 2.12. The molecule has 0 atom stereocenters. The van der Waals surface area contributed by atoms with Gasteiger partial charge >= 0.3 is 0 Å². The summed E-state index contributed by atoms with van der Waals surface area (Å²) in [5.74, 6) is -5.83. The van der Waals surface area contributed by atoms with E-state index in [0.717, 1.165) is 6.07 Å². The molecule has 1 aromatic rings. The molecule has 1 amide bonds. The average molecular weight is 200 g/mol. The molecule has 0 aliphatic heterocycles. The van der Waals surface area contributed by atoms with Gasteiger partial charge in [-0.05, 0) is 6.07 Å². The molecule has 72 valence electrons. The van der Waals surface area contributed by atoms with E-state index in [4.69, 9.17) is 5.26 Å². The Morgan fingerprint density at radius 3 is 2.36 bits per heavy atom. The second kappa shape index (κ2) is 3.38. The molecule has 0 bridgehead atoms. The van der Waals surface area contributed by atoms with Crippen LogP contribution in [0.15, 0.2) is 6.07 Å². The SMILES string of the molecule is N#Cc1c(F)c(F)cc(C(N)=O)c1F. The van der Waals surface area contributed by atoms with Crippen molar-refractivity contribution in [2.45, 2.75) is 0 Å². The number of carbonyl (C=O) groups is 1. The lowest BCUT2D eigenvalue weighted by molar-refractivity contribution is 0.0995. The van der Waals surface area contributed by atoms with Gasteiger partial charge in [0, 0.05) is 0 Å². The Kier molecular flexibility index (Phi) is 2.42. The number of hydrogen-bond acceptors (Lipinski definition) is 2. The quantitative estimate of drug-likeness (QED) is 0.689. The highest BCUT2D eigenvalue weighted by Gasteiger charge is 2.20. The fourth-order valence-corrected chi connectivity index (χ4v) is 0.881. The Morgan fingerprint density at radius 1 is 1.36 bits per heavy atom. The summed E-state index contributed by atoms with van der Waals surface area (Å²) in [7, 11) is 0. The molecule has 0 heterocycles. The maximum Gasteiger partial charge on any atom is 0.251 e. The second-order valence-corrected chi connectivity index (χ2v) is 2.38. The van der Waals surface area contributed by atoms with Crippen LogP contribution in [0.4, 0.5) is 13.2 Å². The van der Waals surface area contributed by atoms with Crippen LogP contribution >= 0.6 is 0 Å². The van der Waals surface area contributed by atoms with E-state index in [1.807, 2.05) is 0 Å². The van der Waals surface area contributed by atoms with Crippen molar-refractivity contribution < 1.29 is 18.0 Å². The van der Waals surface area contributed by atoms with Crippen molar-refractivity contribution in [2.24, 2.45) is 5.73 Å². The number of carbonyl (C=O) groups excluding carboxylic acids is 1. The Balaban J connectivity index is 3.61. The van der Waals surface area contributed by atoms with Crippen LogP contribution in [0.25, 0.3) is 0 Å². The molecule has 1 rings (SSSR count). The van der Waals surface area contributed by atoms with Crippen LogP contribution in [0.5, 0.6) is 0 Å². The Morgan fingerprint density at radius 2 is 1.93 bits per heavy atom. The van der Waals surface area contributed by atoms with E-state index < -0.39 is 34.5 Å². The number of halogens is 3. The summed E-state index contributed by atoms with van der Waals surface area (Å²) in [5, 5.41) is 8.28. The van der Waals surface area contributed by atoms with E-state index in [0.29, 0.717) is 6.07 Å². The number of nitrogens with two attached hydrogens (primary N) is 1. The van der Waals surface area contributed by atoms with Gasteiger partial charge < -0.3 is 5.73 Å². The maximum absolute atomic E-state index is 13.0. The number of nitrogens with zero attached hydrogens (tertiary/aromatic N) is 1. The van der Waals surface area contributed by atoms with Crippen molar-refractivity contribution >= 4 is 5.91 Å². The number of rotatable bonds is 1. The lowest BCUT2D eigenvalue weighted by atomic mass is 10.1. The van der Waals surface area contributed by atoms with Crippen LogP contribution in [0.3, 0.4) is 0 Å². The minimum atomic E-state index is -1.63. The lowest BCUT2D eigenvalue weighted by Crippen LogP contribution is -2.15. The zero-order chi connectivity index (χ0) is 10.9. The van der Waals surface area contributed by atoms with Gasteiger partial charge in [-0.2, -0.15) is 5.26 Å². The molecular formula is C8H3F3N2O. The smallest absolute Gasteiger partial charge is 0.251 e. The van der Waals surface area contributed by atoms with Crippen LogP contribution in [0.2, 0.25) is 0 Å². The van der Waals surface area contributed by atoms with Crippen LogP contribution in [-0.2, 0) is 0 Å². The van der Waals surface area contributed by atoms with Crippen molar-refractivity contribution in [3.05, 3.63) is 34.6 Å². The van der Waals surface area contributed by atoms with E-state index in [1.54, 1.807) is 0 Å². The predicted molar refractivity (Wildman–Crippen MR) is 39.5 cm³/mol. The monoisotopic (exact) mass is 200 g/mol. The third kappa shape index (κ3) is 1.40. The molecule has 0 saturated heterocycles. The zero-order valence-electron chi connectivity index (χ0n) is 6.64. The summed E-state index contributed by atoms with van der Waals surface area (Å²) < 4.78 is 38.4. The maximum atomic E-state index is 13.0. The third-order valence-corrected chi connectivity index (χ3v) is 1.53. The van der Waals surface area contributed by atoms with E-state index in [2.05, 4.69) is 5.73 Å². The molecular weight excluding hydrogens is 197 g/mol. The largest absolute Gasteiger partial charge is 0.366 e. The van der Waals surface area contributed by atoms with Crippen molar-refractivity contribution in [3.63, 3.8) is 0 Å². The number of hydrogen-bond donors (Lipinski definition) is 1. The molecule has 3 nitrogen and oxygen atoms in total. The standard InChI is InChI=1S/C8H3F3N2O/c9-5-1-3(8(13)14)6(10)4(2-12)7(5)11/h1H,(H2,13,14). The topological polar surface area (TPSA) is 66.9 Å². The molecule has 0 unspecified atom stereocenters. The van der Waals surface area contributed by atoms with Crippen LogP contribution in [0, 0.1) is 28.8 Å². The summed E-state index contributed by atoms with van der Waals surface area (Å²) in [4.78, 5) is 10.5. The van der Waals surface area contributed by atoms with Gasteiger partial charge in [-0.1, -0.05) is 0 Å². The Bertz CT molecular complexity index is 451. The lowest BCUT2D eigenvalue weighted by Gasteiger charge is -2.02. The predicted octanol–water partition coefficient (Wildman–Crippen LogP) is 1.07. The third-order valence-electron chi connectivity index (χ3n) is 1.53. The summed E-state index contributed by atoms with van der Waals surface area (Å²) in [6.45, 7) is 0. The van der Waals surface area contributed by atoms with Gasteiger partial charge in [0.25, 0.3) is 5.91 Å². The zero-order valence-corrected chi connectivity index (χ0v) is 6.64. The fraction of sp³-hybridized carbons (Fsp3) is 0. The summed E-state index contributed by atoms with van der Waals surface area (Å²) >= 11 is 0. The number of amides is 1. The summed E-state index contributed by atoms with van der Waals surface area (Å²) in [6, 6.07) is 1.42. The first-order valence-electron chi connectivity index (χ1n) is 3.36. The minimum absolute atomic E-state index is 0.313. The van der Waals surface area contributed by atoms with Gasteiger partial charge in [-0.3, -0.25) is 4.79 Å². The van der Waals surface area contributed by atoms with Crippen molar-refractivity contribution in [1.82, 2.24) is 0 Å². The summed E-state index contributed by atoms with van der Waals surface area (Å²) in [5.41, 5.74) is 2.68. The Labute approximate surface area is 76.6 Å². The molecule has 2 N–H and O–H groups in total.